The minimum Gasteiger partial charge on any atom is -0.330 e. The molecule has 0 atom stereocenters. The fourth-order valence-electron chi connectivity index (χ4n) is 1.63. The Morgan fingerprint density at radius 1 is 1.35 bits per heavy atom. The minimum absolute atomic E-state index is 0.597. The molecule has 0 aliphatic heterocycles. The van der Waals surface area contributed by atoms with Crippen LogP contribution in [0.25, 0.3) is 0 Å². The van der Waals surface area contributed by atoms with Crippen molar-refractivity contribution >= 4 is 33.9 Å². The maximum atomic E-state index is 8.49. The van der Waals surface area contributed by atoms with Crippen LogP contribution in [-0.4, -0.2) is 16.0 Å². The Morgan fingerprint density at radius 3 is 3.00 bits per heavy atom. The summed E-state index contributed by atoms with van der Waals surface area (Å²) in [5.74, 6) is 0.908. The van der Waals surface area contributed by atoms with E-state index in [-0.39, 0.29) is 0 Å². The molecular formula is C14H16N4S2. The van der Waals surface area contributed by atoms with Crippen LogP contribution in [0.5, 0.6) is 0 Å². The second-order valence-electron chi connectivity index (χ2n) is 4.36. The summed E-state index contributed by atoms with van der Waals surface area (Å²) in [6.07, 6.45) is 1.49. The van der Waals surface area contributed by atoms with E-state index in [2.05, 4.69) is 41.5 Å². The summed E-state index contributed by atoms with van der Waals surface area (Å²) in [4.78, 5) is 0. The van der Waals surface area contributed by atoms with Gasteiger partial charge in [0.05, 0.1) is 6.07 Å². The van der Waals surface area contributed by atoms with E-state index in [4.69, 9.17) is 5.26 Å². The first kappa shape index (κ1) is 14.8. The molecule has 0 unspecified atom stereocenters. The molecule has 6 heteroatoms. The van der Waals surface area contributed by atoms with Crippen molar-refractivity contribution in [2.24, 2.45) is 0 Å². The molecule has 2 aromatic rings. The van der Waals surface area contributed by atoms with Crippen LogP contribution in [-0.2, 0) is 0 Å². The third kappa shape index (κ3) is 3.95. The molecule has 1 aromatic heterocycles. The van der Waals surface area contributed by atoms with Crippen molar-refractivity contribution in [2.45, 2.75) is 31.0 Å². The van der Waals surface area contributed by atoms with Crippen molar-refractivity contribution in [3.05, 3.63) is 29.3 Å². The zero-order valence-corrected chi connectivity index (χ0v) is 13.1. The number of aryl methyl sites for hydroxylation is 1. The molecular weight excluding hydrogens is 288 g/mol. The second-order valence-corrected chi connectivity index (χ2v) is 6.68. The van der Waals surface area contributed by atoms with Gasteiger partial charge in [0.1, 0.15) is 0 Å². The van der Waals surface area contributed by atoms with Crippen LogP contribution >= 0.6 is 23.1 Å². The molecule has 2 rings (SSSR count). The number of hydrogen-bond donors (Lipinski definition) is 1. The molecule has 1 aromatic carbocycles. The lowest BCUT2D eigenvalue weighted by Gasteiger charge is -2.08. The van der Waals surface area contributed by atoms with Crippen molar-refractivity contribution in [1.82, 2.24) is 10.2 Å². The fraction of sp³-hybridized carbons (Fsp3) is 0.357. The molecule has 20 heavy (non-hydrogen) atoms. The number of nitrogens with one attached hydrogen (secondary N) is 1. The van der Waals surface area contributed by atoms with Gasteiger partial charge in [-0.1, -0.05) is 35.2 Å². The number of anilines is 2. The summed E-state index contributed by atoms with van der Waals surface area (Å²) in [6, 6.07) is 8.32. The molecule has 0 spiro atoms. The summed E-state index contributed by atoms with van der Waals surface area (Å²) in [5.41, 5.74) is 3.55. The van der Waals surface area contributed by atoms with E-state index < -0.39 is 0 Å². The van der Waals surface area contributed by atoms with Gasteiger partial charge in [0, 0.05) is 17.9 Å². The van der Waals surface area contributed by atoms with Gasteiger partial charge in [-0.3, -0.25) is 0 Å². The highest BCUT2D eigenvalue weighted by Crippen LogP contribution is 2.29. The predicted octanol–water partition coefficient (Wildman–Crippen LogP) is 4.29. The molecule has 0 saturated heterocycles. The highest BCUT2D eigenvalue weighted by molar-refractivity contribution is 8.01. The molecule has 0 aliphatic carbocycles. The smallest absolute Gasteiger partial charge is 0.210 e. The first-order valence-electron chi connectivity index (χ1n) is 6.37. The van der Waals surface area contributed by atoms with Gasteiger partial charge in [-0.05, 0) is 37.5 Å². The molecule has 0 radical (unpaired) electrons. The van der Waals surface area contributed by atoms with Gasteiger partial charge in [-0.2, -0.15) is 5.26 Å². The number of rotatable bonds is 6. The SMILES string of the molecule is Cc1cccc(Nc2nnc(SCCCC#N)s2)c1C. The van der Waals surface area contributed by atoms with Crippen molar-refractivity contribution in [1.29, 1.82) is 5.26 Å². The van der Waals surface area contributed by atoms with Gasteiger partial charge in [-0.25, -0.2) is 0 Å². The van der Waals surface area contributed by atoms with E-state index in [0.717, 1.165) is 27.3 Å². The van der Waals surface area contributed by atoms with Crippen molar-refractivity contribution in [3.63, 3.8) is 0 Å². The number of nitriles is 1. The topological polar surface area (TPSA) is 61.6 Å². The van der Waals surface area contributed by atoms with Crippen molar-refractivity contribution in [2.75, 3.05) is 11.1 Å². The molecule has 1 heterocycles. The maximum Gasteiger partial charge on any atom is 0.210 e. The molecule has 0 amide bonds. The molecule has 0 bridgehead atoms. The minimum atomic E-state index is 0.597. The Bertz CT molecular complexity index is 616. The quantitative estimate of drug-likeness (QED) is 0.637. The van der Waals surface area contributed by atoms with Crippen LogP contribution in [0.1, 0.15) is 24.0 Å². The summed E-state index contributed by atoms with van der Waals surface area (Å²) in [7, 11) is 0. The van der Waals surface area contributed by atoms with Crippen LogP contribution in [0.2, 0.25) is 0 Å². The highest BCUT2D eigenvalue weighted by Gasteiger charge is 2.07. The highest BCUT2D eigenvalue weighted by atomic mass is 32.2. The molecule has 1 N–H and O–H groups in total. The third-order valence-electron chi connectivity index (χ3n) is 2.91. The average Bonchev–Trinajstić information content (AvgIpc) is 2.88. The lowest BCUT2D eigenvalue weighted by Crippen LogP contribution is -1.94. The van der Waals surface area contributed by atoms with Crippen LogP contribution < -0.4 is 5.32 Å². The van der Waals surface area contributed by atoms with Crippen LogP contribution in [0, 0.1) is 25.2 Å². The number of aromatic nitrogens is 2. The van der Waals surface area contributed by atoms with Gasteiger partial charge < -0.3 is 5.32 Å². The van der Waals surface area contributed by atoms with Crippen LogP contribution in [0.3, 0.4) is 0 Å². The number of unbranched alkanes of at least 4 members (excludes halogenated alkanes) is 1. The Balaban J connectivity index is 1.96. The number of hydrogen-bond acceptors (Lipinski definition) is 6. The lowest BCUT2D eigenvalue weighted by atomic mass is 10.1. The fourth-order valence-corrected chi connectivity index (χ4v) is 3.41. The monoisotopic (exact) mass is 304 g/mol. The third-order valence-corrected chi connectivity index (χ3v) is 4.97. The normalized spacial score (nSPS) is 10.2. The summed E-state index contributed by atoms with van der Waals surface area (Å²) in [6.45, 7) is 4.19. The number of nitrogens with zero attached hydrogens (tertiary/aromatic N) is 3. The molecule has 0 fully saturated rings. The molecule has 0 saturated carbocycles. The van der Waals surface area contributed by atoms with Crippen molar-refractivity contribution in [3.8, 4) is 6.07 Å². The Labute approximate surface area is 127 Å². The van der Waals surface area contributed by atoms with Gasteiger partial charge in [0.25, 0.3) is 0 Å². The van der Waals surface area contributed by atoms with Crippen molar-refractivity contribution < 1.29 is 0 Å². The standard InChI is InChI=1S/C14H16N4S2/c1-10-6-5-7-12(11(10)2)16-13-17-18-14(20-13)19-9-4-3-8-15/h5-7H,3-4,9H2,1-2H3,(H,16,17). The van der Waals surface area contributed by atoms with Crippen LogP contribution in [0.15, 0.2) is 22.5 Å². The Hall–Kier alpha value is -1.58. The summed E-state index contributed by atoms with van der Waals surface area (Å²) < 4.78 is 0.941. The Kier molecular flexibility index (Phi) is 5.39. The largest absolute Gasteiger partial charge is 0.330 e. The second kappa shape index (κ2) is 7.27. The number of thioether (sulfide) groups is 1. The van der Waals surface area contributed by atoms with Crippen LogP contribution in [0.4, 0.5) is 10.8 Å². The van der Waals surface area contributed by atoms with Gasteiger partial charge in [-0.15, -0.1) is 10.2 Å². The first-order valence-corrected chi connectivity index (χ1v) is 8.17. The van der Waals surface area contributed by atoms with E-state index in [1.807, 2.05) is 12.1 Å². The van der Waals surface area contributed by atoms with E-state index in [0.29, 0.717) is 6.42 Å². The van der Waals surface area contributed by atoms with Gasteiger partial charge >= 0.3 is 0 Å². The molecule has 0 aliphatic rings. The zero-order valence-electron chi connectivity index (χ0n) is 11.5. The average molecular weight is 304 g/mol. The first-order chi connectivity index (χ1) is 9.70. The van der Waals surface area contributed by atoms with E-state index in [9.17, 15) is 0 Å². The van der Waals surface area contributed by atoms with E-state index in [1.54, 1.807) is 23.1 Å². The van der Waals surface area contributed by atoms with Gasteiger partial charge in [0.15, 0.2) is 4.34 Å². The maximum absolute atomic E-state index is 8.49. The predicted molar refractivity (Wildman–Crippen MR) is 84.7 cm³/mol. The van der Waals surface area contributed by atoms with Gasteiger partial charge in [0.2, 0.25) is 5.13 Å². The zero-order chi connectivity index (χ0) is 14.4. The number of benzene rings is 1. The lowest BCUT2D eigenvalue weighted by molar-refractivity contribution is 0.971. The molecule has 4 nitrogen and oxygen atoms in total. The molecule has 104 valence electrons. The van der Waals surface area contributed by atoms with E-state index >= 15 is 0 Å². The summed E-state index contributed by atoms with van der Waals surface area (Å²) in [5, 5.41) is 20.9. The Morgan fingerprint density at radius 2 is 2.20 bits per heavy atom. The summed E-state index contributed by atoms with van der Waals surface area (Å²) >= 11 is 3.20. The van der Waals surface area contributed by atoms with E-state index in [1.165, 1.54) is 11.1 Å².